The van der Waals surface area contributed by atoms with Crippen LogP contribution in [0.15, 0.2) is 0 Å². The van der Waals surface area contributed by atoms with Crippen LogP contribution in [-0.2, 0) is 23.9 Å². The number of fused-ring (bicyclic) bond motifs is 1. The molecular formula is C19H30N3O5. The second-order valence-electron chi connectivity index (χ2n) is 7.86. The number of carbonyl (C=O) groups is 4. The van der Waals surface area contributed by atoms with Gasteiger partial charge in [0, 0.05) is 19.6 Å². The van der Waals surface area contributed by atoms with Crippen LogP contribution in [0.25, 0.3) is 0 Å². The van der Waals surface area contributed by atoms with E-state index >= 15 is 0 Å². The number of carbonyl (C=O) groups excluding carboxylic acids is 4. The first-order valence-electron chi connectivity index (χ1n) is 9.46. The van der Waals surface area contributed by atoms with Crippen LogP contribution in [-0.4, -0.2) is 71.7 Å². The number of nitrogens with two attached hydrogens (primary N) is 1. The molecule has 8 heteroatoms. The minimum atomic E-state index is -0.613. The van der Waals surface area contributed by atoms with Crippen molar-refractivity contribution in [1.82, 2.24) is 9.80 Å². The maximum atomic E-state index is 12.9. The molecule has 0 saturated carbocycles. The number of primary amides is 1. The van der Waals surface area contributed by atoms with Crippen molar-refractivity contribution in [1.29, 1.82) is 0 Å². The van der Waals surface area contributed by atoms with Crippen molar-refractivity contribution < 1.29 is 23.9 Å². The molecule has 2 saturated heterocycles. The fraction of sp³-hybridized carbons (Fsp3) is 0.737. The average Bonchev–Trinajstić information content (AvgIpc) is 3.18. The molecule has 151 valence electrons. The molecule has 27 heavy (non-hydrogen) atoms. The Labute approximate surface area is 160 Å². The van der Waals surface area contributed by atoms with Crippen LogP contribution in [0.1, 0.15) is 40.0 Å². The van der Waals surface area contributed by atoms with Crippen LogP contribution in [0.3, 0.4) is 0 Å². The number of likely N-dealkylation sites (tertiary alicyclic amines) is 2. The lowest BCUT2D eigenvalue weighted by Crippen LogP contribution is -2.46. The van der Waals surface area contributed by atoms with Crippen molar-refractivity contribution in [3.8, 4) is 0 Å². The normalized spacial score (nSPS) is 24.3. The third-order valence-electron chi connectivity index (χ3n) is 5.37. The highest BCUT2D eigenvalue weighted by Crippen LogP contribution is 2.31. The van der Waals surface area contributed by atoms with Gasteiger partial charge in [-0.15, -0.1) is 0 Å². The van der Waals surface area contributed by atoms with Crippen LogP contribution >= 0.6 is 0 Å². The molecule has 2 N–H and O–H groups in total. The Morgan fingerprint density at radius 1 is 1.26 bits per heavy atom. The molecule has 2 rings (SSSR count). The smallest absolute Gasteiger partial charge is 0.252 e. The van der Waals surface area contributed by atoms with Crippen molar-refractivity contribution in [2.45, 2.75) is 58.2 Å². The molecule has 4 atom stereocenters. The molecule has 1 radical (unpaired) electrons. The maximum Gasteiger partial charge on any atom is 0.252 e. The van der Waals surface area contributed by atoms with E-state index in [4.69, 9.17) is 10.5 Å². The zero-order valence-electron chi connectivity index (χ0n) is 16.5. The quantitative estimate of drug-likeness (QED) is 0.644. The summed E-state index contributed by atoms with van der Waals surface area (Å²) in [6.45, 7) is 6.09. The first-order chi connectivity index (χ1) is 12.7. The van der Waals surface area contributed by atoms with Gasteiger partial charge < -0.3 is 20.3 Å². The van der Waals surface area contributed by atoms with Gasteiger partial charge in [0.2, 0.25) is 11.8 Å². The second-order valence-corrected chi connectivity index (χ2v) is 7.86. The number of rotatable bonds is 8. The molecule has 0 bridgehead atoms. The van der Waals surface area contributed by atoms with Crippen LogP contribution in [0.2, 0.25) is 0 Å². The van der Waals surface area contributed by atoms with Crippen LogP contribution < -0.4 is 5.73 Å². The Balaban J connectivity index is 2.04. The summed E-state index contributed by atoms with van der Waals surface area (Å²) in [7, 11) is 1.50. The fourth-order valence-corrected chi connectivity index (χ4v) is 3.78. The molecule has 0 aromatic heterocycles. The van der Waals surface area contributed by atoms with Crippen molar-refractivity contribution in [2.75, 3.05) is 20.2 Å². The number of nitrogens with zero attached hydrogens (tertiary/aromatic N) is 2. The van der Waals surface area contributed by atoms with Gasteiger partial charge in [-0.2, -0.15) is 0 Å². The second kappa shape index (κ2) is 8.82. The maximum absolute atomic E-state index is 12.9. The molecule has 0 aliphatic carbocycles. The SMILES string of the molecule is COC(CC(C)C)C(=O)N1CC(=O)C2C1CCN2C(=O)[CH]CC(C)C(N)=O. The Bertz CT molecular complexity index is 606. The van der Waals surface area contributed by atoms with Gasteiger partial charge in [-0.1, -0.05) is 20.8 Å². The highest BCUT2D eigenvalue weighted by Gasteiger charge is 2.52. The molecule has 2 aliphatic heterocycles. The Morgan fingerprint density at radius 3 is 2.48 bits per heavy atom. The summed E-state index contributed by atoms with van der Waals surface area (Å²) in [6.07, 6.45) is 2.21. The summed E-state index contributed by atoms with van der Waals surface area (Å²) < 4.78 is 5.35. The largest absolute Gasteiger partial charge is 0.372 e. The number of hydrogen-bond acceptors (Lipinski definition) is 5. The van der Waals surface area contributed by atoms with Gasteiger partial charge in [-0.25, -0.2) is 0 Å². The van der Waals surface area contributed by atoms with Gasteiger partial charge in [0.05, 0.1) is 19.0 Å². The predicted octanol–water partition coefficient (Wildman–Crippen LogP) is 0.144. The van der Waals surface area contributed by atoms with Crippen LogP contribution in [0.4, 0.5) is 0 Å². The summed E-state index contributed by atoms with van der Waals surface area (Å²) >= 11 is 0. The summed E-state index contributed by atoms with van der Waals surface area (Å²) in [6, 6.07) is -0.918. The molecule has 0 aromatic rings. The van der Waals surface area contributed by atoms with E-state index in [1.54, 1.807) is 11.8 Å². The van der Waals surface area contributed by atoms with E-state index in [9.17, 15) is 19.2 Å². The van der Waals surface area contributed by atoms with E-state index in [-0.39, 0.29) is 42.5 Å². The average molecular weight is 380 g/mol. The minimum Gasteiger partial charge on any atom is -0.372 e. The standard InChI is InChI=1S/C19H30N3O5/c1-11(2)9-15(27-4)19(26)22-10-14(23)17-13(22)7-8-21(17)16(24)6-5-12(3)18(20)25/h6,11-13,15,17H,5,7-10H2,1-4H3,(H2,20,25). The lowest BCUT2D eigenvalue weighted by molar-refractivity contribution is -0.144. The zero-order chi connectivity index (χ0) is 20.3. The lowest BCUT2D eigenvalue weighted by atomic mass is 10.0. The minimum absolute atomic E-state index is 0.00753. The third-order valence-corrected chi connectivity index (χ3v) is 5.37. The summed E-state index contributed by atoms with van der Waals surface area (Å²) in [5.41, 5.74) is 5.22. The van der Waals surface area contributed by atoms with E-state index < -0.39 is 24.0 Å². The summed E-state index contributed by atoms with van der Waals surface area (Å²) in [5, 5.41) is 0. The van der Waals surface area contributed by atoms with Crippen molar-refractivity contribution in [3.63, 3.8) is 0 Å². The van der Waals surface area contributed by atoms with E-state index in [1.807, 2.05) is 13.8 Å². The first kappa shape index (κ1) is 21.3. The van der Waals surface area contributed by atoms with Gasteiger partial charge in [0.25, 0.3) is 5.91 Å². The van der Waals surface area contributed by atoms with Gasteiger partial charge in [0.15, 0.2) is 5.78 Å². The first-order valence-corrected chi connectivity index (χ1v) is 9.46. The molecule has 0 aromatic carbocycles. The zero-order valence-corrected chi connectivity index (χ0v) is 16.5. The van der Waals surface area contributed by atoms with E-state index in [0.717, 1.165) is 0 Å². The van der Waals surface area contributed by atoms with E-state index in [1.165, 1.54) is 18.4 Å². The van der Waals surface area contributed by atoms with E-state index in [2.05, 4.69) is 0 Å². The Kier molecular flexibility index (Phi) is 6.97. The lowest BCUT2D eigenvalue weighted by Gasteiger charge is -2.28. The molecule has 0 spiro atoms. The topological polar surface area (TPSA) is 110 Å². The fourth-order valence-electron chi connectivity index (χ4n) is 3.78. The monoisotopic (exact) mass is 380 g/mol. The van der Waals surface area contributed by atoms with Gasteiger partial charge >= 0.3 is 0 Å². The highest BCUT2D eigenvalue weighted by atomic mass is 16.5. The van der Waals surface area contributed by atoms with Crippen LogP contribution in [0, 0.1) is 18.3 Å². The molecule has 2 aliphatic rings. The molecule has 4 unspecified atom stereocenters. The Hall–Kier alpha value is -1.96. The highest BCUT2D eigenvalue weighted by molar-refractivity contribution is 5.99. The molecule has 3 amide bonds. The van der Waals surface area contributed by atoms with Crippen molar-refractivity contribution >= 4 is 23.5 Å². The number of amides is 3. The summed E-state index contributed by atoms with van der Waals surface area (Å²) in [4.78, 5) is 52.1. The number of hydrogen-bond donors (Lipinski definition) is 1. The number of methoxy groups -OCH3 is 1. The Morgan fingerprint density at radius 2 is 1.93 bits per heavy atom. The predicted molar refractivity (Wildman–Crippen MR) is 98.2 cm³/mol. The van der Waals surface area contributed by atoms with Crippen molar-refractivity contribution in [2.24, 2.45) is 17.6 Å². The summed E-state index contributed by atoms with van der Waals surface area (Å²) in [5.74, 6) is -1.23. The van der Waals surface area contributed by atoms with Crippen LogP contribution in [0.5, 0.6) is 0 Å². The van der Waals surface area contributed by atoms with Gasteiger partial charge in [-0.3, -0.25) is 19.2 Å². The molecule has 8 nitrogen and oxygen atoms in total. The number of Topliss-reactive ketones (excluding diaryl/α,β-unsaturated/α-hetero) is 1. The van der Waals surface area contributed by atoms with E-state index in [0.29, 0.717) is 19.4 Å². The molecular weight excluding hydrogens is 350 g/mol. The molecule has 2 fully saturated rings. The van der Waals surface area contributed by atoms with Gasteiger partial charge in [0.1, 0.15) is 12.1 Å². The third kappa shape index (κ3) is 4.66. The number of ether oxygens (including phenoxy) is 1. The van der Waals surface area contributed by atoms with Gasteiger partial charge in [-0.05, 0) is 25.2 Å². The van der Waals surface area contributed by atoms with Crippen molar-refractivity contribution in [3.05, 3.63) is 6.42 Å². The molecule has 2 heterocycles. The number of ketones is 1.